The zero-order chi connectivity index (χ0) is 21.1. The van der Waals surface area contributed by atoms with Crippen molar-refractivity contribution >= 4 is 5.97 Å². The van der Waals surface area contributed by atoms with E-state index >= 15 is 0 Å². The molecule has 2 nitrogen and oxygen atoms in total. The van der Waals surface area contributed by atoms with Gasteiger partial charge >= 0.3 is 12.1 Å². The van der Waals surface area contributed by atoms with Gasteiger partial charge in [-0.3, -0.25) is 4.79 Å². The molecule has 1 aliphatic rings. The number of alkyl halides is 6. The maximum Gasteiger partial charge on any atom is 0.392 e. The van der Waals surface area contributed by atoms with E-state index in [9.17, 15) is 31.1 Å². The molecular formula is C20H18F6O2. The number of hydrogen-bond acceptors (Lipinski definition) is 1. The summed E-state index contributed by atoms with van der Waals surface area (Å²) in [6.07, 6.45) is -9.91. The lowest BCUT2D eigenvalue weighted by molar-refractivity contribution is -0.196. The van der Waals surface area contributed by atoms with Crippen molar-refractivity contribution in [2.75, 3.05) is 0 Å². The van der Waals surface area contributed by atoms with E-state index in [1.165, 1.54) is 22.3 Å². The minimum atomic E-state index is -5.10. The molecule has 1 aliphatic carbocycles. The lowest BCUT2D eigenvalue weighted by atomic mass is 9.97. The molecule has 0 heterocycles. The summed E-state index contributed by atoms with van der Waals surface area (Å²) in [4.78, 5) is 10.1. The van der Waals surface area contributed by atoms with Gasteiger partial charge in [-0.2, -0.15) is 13.2 Å². The van der Waals surface area contributed by atoms with Gasteiger partial charge in [0.15, 0.2) is 6.17 Å². The molecule has 8 heteroatoms. The minimum Gasteiger partial charge on any atom is -0.481 e. The summed E-state index contributed by atoms with van der Waals surface area (Å²) in [5.41, 5.74) is 5.75. The summed E-state index contributed by atoms with van der Waals surface area (Å²) >= 11 is 0. The van der Waals surface area contributed by atoms with Crippen LogP contribution in [0.5, 0.6) is 0 Å². The third-order valence-electron chi connectivity index (χ3n) is 4.48. The standard InChI is InChI=1S/C13H10.C7H8F6O2/c1-3-7-12-10(5-1)9-11-6-2-4-8-13(11)12;1-3(5(14)15)7(12,13)4(8)2-6(9,10)11/h1-8H,9H2;3-4H,2H2,1H3,(H,14,15). The highest BCUT2D eigenvalue weighted by Crippen LogP contribution is 2.37. The van der Waals surface area contributed by atoms with Crippen molar-refractivity contribution in [3.05, 3.63) is 59.7 Å². The molecule has 0 aromatic heterocycles. The fourth-order valence-corrected chi connectivity index (χ4v) is 2.85. The molecule has 152 valence electrons. The van der Waals surface area contributed by atoms with Gasteiger partial charge in [-0.1, -0.05) is 48.5 Å². The molecule has 0 bridgehead atoms. The Bertz CT molecular complexity index is 788. The number of aliphatic carboxylic acids is 1. The van der Waals surface area contributed by atoms with Crippen LogP contribution in [0.2, 0.25) is 0 Å². The number of benzene rings is 2. The van der Waals surface area contributed by atoms with E-state index in [4.69, 9.17) is 5.11 Å². The van der Waals surface area contributed by atoms with E-state index in [-0.39, 0.29) is 0 Å². The fourth-order valence-electron chi connectivity index (χ4n) is 2.85. The largest absolute Gasteiger partial charge is 0.481 e. The van der Waals surface area contributed by atoms with E-state index in [0.717, 1.165) is 6.42 Å². The summed E-state index contributed by atoms with van der Waals surface area (Å²) in [6, 6.07) is 17.3. The predicted molar refractivity (Wildman–Crippen MR) is 92.0 cm³/mol. The predicted octanol–water partition coefficient (Wildman–Crippen LogP) is 5.89. The van der Waals surface area contributed by atoms with Crippen molar-refractivity contribution in [2.24, 2.45) is 5.92 Å². The second kappa shape index (κ2) is 8.24. The van der Waals surface area contributed by atoms with Gasteiger partial charge in [-0.05, 0) is 35.6 Å². The highest BCUT2D eigenvalue weighted by atomic mass is 19.4. The highest BCUT2D eigenvalue weighted by Gasteiger charge is 2.52. The molecule has 0 aliphatic heterocycles. The second-order valence-electron chi connectivity index (χ2n) is 6.51. The van der Waals surface area contributed by atoms with Crippen LogP contribution in [0.25, 0.3) is 11.1 Å². The SMILES string of the molecule is CC(C(=O)O)C(F)(F)C(F)CC(F)(F)F.c1ccc2c(c1)Cc1ccccc1-2. The topological polar surface area (TPSA) is 37.3 Å². The van der Waals surface area contributed by atoms with Gasteiger partial charge in [0.25, 0.3) is 5.92 Å². The average molecular weight is 404 g/mol. The maximum atomic E-state index is 12.7. The molecular weight excluding hydrogens is 386 g/mol. The zero-order valence-electron chi connectivity index (χ0n) is 14.8. The Morgan fingerprint density at radius 1 is 0.964 bits per heavy atom. The molecule has 1 N–H and O–H groups in total. The third-order valence-corrected chi connectivity index (χ3v) is 4.48. The fraction of sp³-hybridized carbons (Fsp3) is 0.350. The van der Waals surface area contributed by atoms with Crippen molar-refractivity contribution < 1.29 is 36.2 Å². The summed E-state index contributed by atoms with van der Waals surface area (Å²) in [6.45, 7) is 0.450. The molecule has 0 fully saturated rings. The zero-order valence-corrected chi connectivity index (χ0v) is 14.8. The molecule has 28 heavy (non-hydrogen) atoms. The quantitative estimate of drug-likeness (QED) is 0.551. The van der Waals surface area contributed by atoms with Crippen LogP contribution >= 0.6 is 0 Å². The Labute approximate surface area is 157 Å². The Hall–Kier alpha value is -2.51. The second-order valence-corrected chi connectivity index (χ2v) is 6.51. The maximum absolute atomic E-state index is 12.7. The minimum absolute atomic E-state index is 0.450. The van der Waals surface area contributed by atoms with Crippen molar-refractivity contribution in [2.45, 2.75) is 38.0 Å². The number of halogens is 6. The van der Waals surface area contributed by atoms with E-state index in [1.54, 1.807) is 0 Å². The molecule has 0 saturated heterocycles. The smallest absolute Gasteiger partial charge is 0.392 e. The van der Waals surface area contributed by atoms with Crippen LogP contribution < -0.4 is 0 Å². The van der Waals surface area contributed by atoms with E-state index in [2.05, 4.69) is 48.5 Å². The molecule has 0 radical (unpaired) electrons. The van der Waals surface area contributed by atoms with Crippen LogP contribution in [0.1, 0.15) is 24.5 Å². The molecule has 3 rings (SSSR count). The van der Waals surface area contributed by atoms with Gasteiger partial charge in [0.05, 0.1) is 6.42 Å². The summed E-state index contributed by atoms with van der Waals surface area (Å²) in [5.74, 6) is -9.10. The molecule has 2 aromatic carbocycles. The normalized spacial score (nSPS) is 15.0. The van der Waals surface area contributed by atoms with Crippen LogP contribution in [0, 0.1) is 5.92 Å². The number of carboxylic acid groups (broad SMARTS) is 1. The Kier molecular flexibility index (Phi) is 6.41. The molecule has 0 saturated carbocycles. The Morgan fingerprint density at radius 2 is 1.39 bits per heavy atom. The highest BCUT2D eigenvalue weighted by molar-refractivity contribution is 5.76. The Balaban J connectivity index is 0.000000201. The van der Waals surface area contributed by atoms with E-state index < -0.39 is 36.6 Å². The van der Waals surface area contributed by atoms with Crippen molar-refractivity contribution in [3.63, 3.8) is 0 Å². The van der Waals surface area contributed by atoms with Gasteiger partial charge in [0.1, 0.15) is 5.92 Å². The van der Waals surface area contributed by atoms with Crippen molar-refractivity contribution in [1.82, 2.24) is 0 Å². The number of carboxylic acids is 1. The van der Waals surface area contributed by atoms with Gasteiger partial charge in [-0.25, -0.2) is 13.2 Å². The van der Waals surface area contributed by atoms with Crippen LogP contribution in [0.15, 0.2) is 48.5 Å². The average Bonchev–Trinajstić information content (AvgIpc) is 2.98. The monoisotopic (exact) mass is 404 g/mol. The molecule has 2 aromatic rings. The molecule has 2 atom stereocenters. The van der Waals surface area contributed by atoms with Crippen LogP contribution in [0.4, 0.5) is 26.3 Å². The lowest BCUT2D eigenvalue weighted by Crippen LogP contribution is -2.42. The molecule has 0 spiro atoms. The number of carbonyl (C=O) groups is 1. The van der Waals surface area contributed by atoms with Gasteiger partial charge in [0.2, 0.25) is 0 Å². The van der Waals surface area contributed by atoms with E-state index in [0.29, 0.717) is 6.92 Å². The Morgan fingerprint density at radius 3 is 1.79 bits per heavy atom. The van der Waals surface area contributed by atoms with Crippen LogP contribution in [-0.4, -0.2) is 29.3 Å². The summed E-state index contributed by atoms with van der Waals surface area (Å²) in [5, 5.41) is 8.14. The summed E-state index contributed by atoms with van der Waals surface area (Å²) in [7, 11) is 0. The lowest BCUT2D eigenvalue weighted by Gasteiger charge is -2.24. The van der Waals surface area contributed by atoms with Gasteiger partial charge in [0, 0.05) is 0 Å². The van der Waals surface area contributed by atoms with Crippen LogP contribution in [-0.2, 0) is 11.2 Å². The first-order valence-corrected chi connectivity index (χ1v) is 8.41. The summed E-state index contributed by atoms with van der Waals surface area (Å²) < 4.78 is 72.8. The first kappa shape index (κ1) is 21.8. The van der Waals surface area contributed by atoms with Crippen molar-refractivity contribution in [1.29, 1.82) is 0 Å². The van der Waals surface area contributed by atoms with Gasteiger partial charge in [-0.15, -0.1) is 0 Å². The molecule has 0 amide bonds. The number of hydrogen-bond donors (Lipinski definition) is 1. The first-order valence-electron chi connectivity index (χ1n) is 8.41. The third kappa shape index (κ3) is 5.05. The van der Waals surface area contributed by atoms with Crippen molar-refractivity contribution in [3.8, 4) is 11.1 Å². The van der Waals surface area contributed by atoms with Gasteiger partial charge < -0.3 is 5.11 Å². The van der Waals surface area contributed by atoms with Crippen LogP contribution in [0.3, 0.4) is 0 Å². The number of fused-ring (bicyclic) bond motifs is 3. The molecule has 2 unspecified atom stereocenters. The van der Waals surface area contributed by atoms with E-state index in [1.807, 2.05) is 0 Å². The first-order chi connectivity index (χ1) is 12.9. The number of rotatable bonds is 4.